The van der Waals surface area contributed by atoms with Gasteiger partial charge in [0.25, 0.3) is 0 Å². The van der Waals surface area contributed by atoms with E-state index in [0.717, 1.165) is 45.4 Å². The molecule has 3 aromatic rings. The zero-order valence-corrected chi connectivity index (χ0v) is 17.8. The molecule has 0 unspecified atom stereocenters. The van der Waals surface area contributed by atoms with Crippen LogP contribution in [0.4, 0.5) is 5.69 Å². The highest BCUT2D eigenvalue weighted by molar-refractivity contribution is 5.83. The van der Waals surface area contributed by atoms with Gasteiger partial charge in [0.1, 0.15) is 0 Å². The first-order valence-electron chi connectivity index (χ1n) is 11.0. The molecule has 2 heterocycles. The number of hydrogen-bond acceptors (Lipinski definition) is 3. The van der Waals surface area contributed by atoms with Gasteiger partial charge in [0, 0.05) is 42.9 Å². The van der Waals surface area contributed by atoms with Crippen LogP contribution < -0.4 is 10.2 Å². The summed E-state index contributed by atoms with van der Waals surface area (Å²) in [6.45, 7) is 4.12. The number of carbonyl (C=O) groups is 1. The highest BCUT2D eigenvalue weighted by Crippen LogP contribution is 2.32. The summed E-state index contributed by atoms with van der Waals surface area (Å²) in [5.41, 5.74) is 3.85. The number of piperidine rings is 1. The van der Waals surface area contributed by atoms with Crippen LogP contribution in [-0.4, -0.2) is 55.6 Å². The second kappa shape index (κ2) is 9.81. The number of carbonyl (C=O) groups excluding carboxylic acids is 1. The maximum Gasteiger partial charge on any atom is 0.234 e. The summed E-state index contributed by atoms with van der Waals surface area (Å²) in [5.74, 6) is 0.719. The Kier molecular flexibility index (Phi) is 6.70. The Morgan fingerprint density at radius 2 is 1.83 bits per heavy atom. The zero-order valence-electron chi connectivity index (χ0n) is 17.8. The third-order valence-corrected chi connectivity index (χ3v) is 6.21. The lowest BCUT2D eigenvalue weighted by atomic mass is 9.89. The van der Waals surface area contributed by atoms with Crippen LogP contribution in [0.5, 0.6) is 0 Å². The number of H-pyrrole nitrogens is 1. The summed E-state index contributed by atoms with van der Waals surface area (Å²) in [7, 11) is 2.09. The number of benzene rings is 2. The number of para-hydroxylation sites is 2. The maximum atomic E-state index is 12.3. The Morgan fingerprint density at radius 3 is 2.63 bits per heavy atom. The minimum atomic E-state index is 0.142. The number of fused-ring (bicyclic) bond motifs is 1. The second-order valence-corrected chi connectivity index (χ2v) is 8.30. The maximum absolute atomic E-state index is 12.3. The first-order valence-corrected chi connectivity index (χ1v) is 11.0. The molecule has 0 atom stereocenters. The van der Waals surface area contributed by atoms with Crippen molar-refractivity contribution in [1.29, 1.82) is 0 Å². The Balaban J connectivity index is 1.16. The molecule has 0 bridgehead atoms. The van der Waals surface area contributed by atoms with Gasteiger partial charge in [0.15, 0.2) is 0 Å². The molecule has 2 aromatic carbocycles. The topological polar surface area (TPSA) is 51.4 Å². The average molecular weight is 405 g/mol. The highest BCUT2D eigenvalue weighted by Gasteiger charge is 2.23. The van der Waals surface area contributed by atoms with Crippen LogP contribution in [0.1, 0.15) is 30.7 Å². The minimum Gasteiger partial charge on any atom is -0.375 e. The molecule has 0 spiro atoms. The summed E-state index contributed by atoms with van der Waals surface area (Å²) in [6.07, 6.45) is 5.33. The van der Waals surface area contributed by atoms with Gasteiger partial charge in [-0.3, -0.25) is 9.69 Å². The van der Waals surface area contributed by atoms with E-state index >= 15 is 0 Å². The van der Waals surface area contributed by atoms with Crippen molar-refractivity contribution in [2.45, 2.75) is 25.2 Å². The van der Waals surface area contributed by atoms with Crippen molar-refractivity contribution < 1.29 is 4.79 Å². The Morgan fingerprint density at radius 1 is 1.10 bits per heavy atom. The molecular weight excluding hydrogens is 372 g/mol. The first kappa shape index (κ1) is 20.5. The van der Waals surface area contributed by atoms with E-state index in [2.05, 4.69) is 81.9 Å². The molecular formula is C25H32N4O. The fourth-order valence-electron chi connectivity index (χ4n) is 4.45. The van der Waals surface area contributed by atoms with Crippen molar-refractivity contribution in [3.8, 4) is 0 Å². The van der Waals surface area contributed by atoms with Gasteiger partial charge in [-0.1, -0.05) is 36.4 Å². The molecule has 1 fully saturated rings. The Labute approximate surface area is 179 Å². The summed E-state index contributed by atoms with van der Waals surface area (Å²) in [5, 5.41) is 4.43. The number of aromatic amines is 1. The van der Waals surface area contributed by atoms with Crippen molar-refractivity contribution in [2.75, 3.05) is 44.7 Å². The standard InChI is InChI=1S/C25H32N4O/c1-28(21-8-3-2-4-9-21)15-7-14-26-25(30)19-29-16-12-20(13-17-29)23-18-27-24-11-6-5-10-22(23)24/h2-6,8-11,18,20,27H,7,12-17,19H2,1H3,(H,26,30). The number of nitrogens with zero attached hydrogens (tertiary/aromatic N) is 2. The van der Waals surface area contributed by atoms with E-state index < -0.39 is 0 Å². The number of nitrogens with one attached hydrogen (secondary N) is 2. The number of rotatable bonds is 8. The third kappa shape index (κ3) is 5.03. The van der Waals surface area contributed by atoms with Gasteiger partial charge in [-0.05, 0) is 62.0 Å². The fourth-order valence-corrected chi connectivity index (χ4v) is 4.45. The molecule has 0 radical (unpaired) electrons. The van der Waals surface area contributed by atoms with Gasteiger partial charge in [-0.15, -0.1) is 0 Å². The van der Waals surface area contributed by atoms with Crippen LogP contribution in [-0.2, 0) is 4.79 Å². The lowest BCUT2D eigenvalue weighted by Crippen LogP contribution is -2.41. The normalized spacial score (nSPS) is 15.4. The van der Waals surface area contributed by atoms with Crippen molar-refractivity contribution in [3.63, 3.8) is 0 Å². The predicted molar refractivity (Wildman–Crippen MR) is 124 cm³/mol. The van der Waals surface area contributed by atoms with Gasteiger partial charge < -0.3 is 15.2 Å². The Hall–Kier alpha value is -2.79. The lowest BCUT2D eigenvalue weighted by Gasteiger charge is -2.31. The smallest absolute Gasteiger partial charge is 0.234 e. The third-order valence-electron chi connectivity index (χ3n) is 6.21. The van der Waals surface area contributed by atoms with Crippen molar-refractivity contribution >= 4 is 22.5 Å². The predicted octanol–water partition coefficient (Wildman–Crippen LogP) is 3.99. The van der Waals surface area contributed by atoms with E-state index in [9.17, 15) is 4.79 Å². The molecule has 1 aromatic heterocycles. The van der Waals surface area contributed by atoms with Crippen LogP contribution in [0.25, 0.3) is 10.9 Å². The molecule has 1 saturated heterocycles. The molecule has 0 aliphatic carbocycles. The van der Waals surface area contributed by atoms with Crippen molar-refractivity contribution in [1.82, 2.24) is 15.2 Å². The van der Waals surface area contributed by atoms with Gasteiger partial charge in [-0.2, -0.15) is 0 Å². The second-order valence-electron chi connectivity index (χ2n) is 8.30. The molecule has 1 aliphatic rings. The Bertz CT molecular complexity index is 944. The fraction of sp³-hybridized carbons (Fsp3) is 0.400. The number of aromatic nitrogens is 1. The molecule has 5 heteroatoms. The SMILES string of the molecule is CN(CCCNC(=O)CN1CCC(c2c[nH]c3ccccc23)CC1)c1ccccc1. The lowest BCUT2D eigenvalue weighted by molar-refractivity contribution is -0.122. The summed E-state index contributed by atoms with van der Waals surface area (Å²) >= 11 is 0. The van der Waals surface area contributed by atoms with Gasteiger partial charge in [0.2, 0.25) is 5.91 Å². The molecule has 5 nitrogen and oxygen atoms in total. The van der Waals surface area contributed by atoms with E-state index in [-0.39, 0.29) is 5.91 Å². The largest absolute Gasteiger partial charge is 0.375 e. The van der Waals surface area contributed by atoms with Crippen molar-refractivity contribution in [2.24, 2.45) is 0 Å². The monoisotopic (exact) mass is 404 g/mol. The minimum absolute atomic E-state index is 0.142. The van der Waals surface area contributed by atoms with Crippen LogP contribution in [0, 0.1) is 0 Å². The van der Waals surface area contributed by atoms with Gasteiger partial charge >= 0.3 is 0 Å². The highest BCUT2D eigenvalue weighted by atomic mass is 16.2. The summed E-state index contributed by atoms with van der Waals surface area (Å²) in [4.78, 5) is 20.2. The van der Waals surface area contributed by atoms with E-state index in [4.69, 9.17) is 0 Å². The van der Waals surface area contributed by atoms with Crippen molar-refractivity contribution in [3.05, 3.63) is 66.4 Å². The van der Waals surface area contributed by atoms with E-state index in [1.165, 1.54) is 22.2 Å². The summed E-state index contributed by atoms with van der Waals surface area (Å²) < 4.78 is 0. The van der Waals surface area contributed by atoms with E-state index in [1.54, 1.807) is 0 Å². The number of likely N-dealkylation sites (tertiary alicyclic amines) is 1. The molecule has 2 N–H and O–H groups in total. The molecule has 4 rings (SSSR count). The van der Waals surface area contributed by atoms with Crippen LogP contribution >= 0.6 is 0 Å². The van der Waals surface area contributed by atoms with Crippen LogP contribution in [0.2, 0.25) is 0 Å². The van der Waals surface area contributed by atoms with E-state index in [0.29, 0.717) is 12.5 Å². The van der Waals surface area contributed by atoms with Crippen LogP contribution in [0.15, 0.2) is 60.8 Å². The first-order chi connectivity index (χ1) is 14.7. The van der Waals surface area contributed by atoms with Gasteiger partial charge in [0.05, 0.1) is 6.54 Å². The van der Waals surface area contributed by atoms with Gasteiger partial charge in [-0.25, -0.2) is 0 Å². The quantitative estimate of drug-likeness (QED) is 0.558. The van der Waals surface area contributed by atoms with E-state index in [1.807, 2.05) is 6.07 Å². The molecule has 0 saturated carbocycles. The average Bonchev–Trinajstić information content (AvgIpc) is 3.22. The number of anilines is 1. The molecule has 1 aliphatic heterocycles. The number of amides is 1. The number of hydrogen-bond donors (Lipinski definition) is 2. The molecule has 158 valence electrons. The van der Waals surface area contributed by atoms with Crippen LogP contribution in [0.3, 0.4) is 0 Å². The summed E-state index contributed by atoms with van der Waals surface area (Å²) in [6, 6.07) is 18.9. The molecule has 30 heavy (non-hydrogen) atoms. The zero-order chi connectivity index (χ0) is 20.8. The molecule has 1 amide bonds.